The summed E-state index contributed by atoms with van der Waals surface area (Å²) in [5, 5.41) is 0. The topological polar surface area (TPSA) is 75.7 Å². The lowest BCUT2D eigenvalue weighted by Gasteiger charge is -2.23. The van der Waals surface area contributed by atoms with Gasteiger partial charge in [-0.3, -0.25) is 4.79 Å². The van der Waals surface area contributed by atoms with Crippen LogP contribution in [-0.2, 0) is 19.7 Å². The molecular weight excluding hydrogens is 220 g/mol. The summed E-state index contributed by atoms with van der Waals surface area (Å²) in [5.74, 6) is -0.551. The Bertz CT molecular complexity index is 300. The van der Waals surface area contributed by atoms with Gasteiger partial charge >= 0.3 is 5.97 Å². The minimum Gasteiger partial charge on any atom is -0.465 e. The van der Waals surface area contributed by atoms with Gasteiger partial charge in [-0.05, 0) is 20.8 Å². The van der Waals surface area contributed by atoms with E-state index >= 15 is 0 Å². The van der Waals surface area contributed by atoms with Crippen LogP contribution in [0, 0.1) is 0 Å². The molecule has 15 heavy (non-hydrogen) atoms. The predicted octanol–water partition coefficient (Wildman–Crippen LogP) is -0.276. The normalized spacial score (nSPS) is 12.1. The minimum atomic E-state index is -3.59. The summed E-state index contributed by atoms with van der Waals surface area (Å²) in [6.45, 7) is 5.02. The Morgan fingerprint density at radius 2 is 2.00 bits per heavy atom. The maximum absolute atomic E-state index is 11.5. The average Bonchev–Trinajstić information content (AvgIpc) is 2.14. The predicted molar refractivity (Wildman–Crippen MR) is 56.5 cm³/mol. The SMILES string of the molecule is CCOC(=O)CN(C(C)C)S(=O)(=O)NC. The maximum atomic E-state index is 11.5. The van der Waals surface area contributed by atoms with Gasteiger partial charge in [-0.2, -0.15) is 12.7 Å². The van der Waals surface area contributed by atoms with Crippen LogP contribution in [0.2, 0.25) is 0 Å². The molecular formula is C8H18N2O4S. The number of hydrogen-bond donors (Lipinski definition) is 1. The zero-order valence-electron chi connectivity index (χ0n) is 9.48. The first-order valence-corrected chi connectivity index (χ1v) is 6.15. The molecule has 0 aromatic rings. The molecule has 90 valence electrons. The van der Waals surface area contributed by atoms with Gasteiger partial charge in [0.05, 0.1) is 6.61 Å². The molecule has 0 aromatic carbocycles. The van der Waals surface area contributed by atoms with E-state index in [0.29, 0.717) is 0 Å². The van der Waals surface area contributed by atoms with Crippen molar-refractivity contribution in [2.75, 3.05) is 20.2 Å². The van der Waals surface area contributed by atoms with Crippen LogP contribution in [0.25, 0.3) is 0 Å². The molecule has 0 bridgehead atoms. The molecule has 0 unspecified atom stereocenters. The first kappa shape index (κ1) is 14.3. The van der Waals surface area contributed by atoms with E-state index in [1.54, 1.807) is 20.8 Å². The van der Waals surface area contributed by atoms with Crippen LogP contribution in [-0.4, -0.2) is 44.9 Å². The standard InChI is InChI=1S/C8H18N2O4S/c1-5-14-8(11)6-10(7(2)3)15(12,13)9-4/h7,9H,5-6H2,1-4H3. The summed E-state index contributed by atoms with van der Waals surface area (Å²) in [6.07, 6.45) is 0. The second-order valence-electron chi connectivity index (χ2n) is 3.15. The molecule has 0 atom stereocenters. The molecule has 0 heterocycles. The number of nitrogens with zero attached hydrogens (tertiary/aromatic N) is 1. The fourth-order valence-corrected chi connectivity index (χ4v) is 2.06. The number of nitrogens with one attached hydrogen (secondary N) is 1. The molecule has 0 saturated heterocycles. The average molecular weight is 238 g/mol. The van der Waals surface area contributed by atoms with Crippen molar-refractivity contribution in [1.29, 1.82) is 0 Å². The van der Waals surface area contributed by atoms with E-state index in [9.17, 15) is 13.2 Å². The third kappa shape index (κ3) is 4.59. The van der Waals surface area contributed by atoms with Crippen molar-refractivity contribution in [1.82, 2.24) is 9.03 Å². The molecule has 0 aromatic heterocycles. The van der Waals surface area contributed by atoms with Gasteiger partial charge in [0, 0.05) is 13.1 Å². The van der Waals surface area contributed by atoms with E-state index in [1.807, 2.05) is 0 Å². The Kier molecular flexibility index (Phi) is 5.77. The lowest BCUT2D eigenvalue weighted by atomic mass is 10.4. The van der Waals surface area contributed by atoms with Gasteiger partial charge in [0.2, 0.25) is 0 Å². The van der Waals surface area contributed by atoms with E-state index in [0.717, 1.165) is 4.31 Å². The molecule has 0 radical (unpaired) electrons. The van der Waals surface area contributed by atoms with E-state index in [2.05, 4.69) is 9.46 Å². The number of carbonyl (C=O) groups excluding carboxylic acids is 1. The largest absolute Gasteiger partial charge is 0.465 e. The van der Waals surface area contributed by atoms with E-state index < -0.39 is 16.2 Å². The third-order valence-electron chi connectivity index (χ3n) is 1.73. The number of hydrogen-bond acceptors (Lipinski definition) is 4. The van der Waals surface area contributed by atoms with Gasteiger partial charge in [0.1, 0.15) is 6.54 Å². The van der Waals surface area contributed by atoms with Crippen molar-refractivity contribution in [3.8, 4) is 0 Å². The zero-order chi connectivity index (χ0) is 12.1. The van der Waals surface area contributed by atoms with Crippen molar-refractivity contribution in [2.45, 2.75) is 26.8 Å². The molecule has 0 fully saturated rings. The van der Waals surface area contributed by atoms with Crippen LogP contribution >= 0.6 is 0 Å². The highest BCUT2D eigenvalue weighted by Gasteiger charge is 2.26. The van der Waals surface area contributed by atoms with Crippen LogP contribution < -0.4 is 4.72 Å². The van der Waals surface area contributed by atoms with E-state index in [4.69, 9.17) is 0 Å². The van der Waals surface area contributed by atoms with E-state index in [-0.39, 0.29) is 19.2 Å². The highest BCUT2D eigenvalue weighted by Crippen LogP contribution is 2.04. The van der Waals surface area contributed by atoms with Crippen LogP contribution in [0.3, 0.4) is 0 Å². The van der Waals surface area contributed by atoms with Crippen molar-refractivity contribution in [3.63, 3.8) is 0 Å². The number of ether oxygens (including phenoxy) is 1. The number of esters is 1. The minimum absolute atomic E-state index is 0.240. The van der Waals surface area contributed by atoms with Gasteiger partial charge in [-0.1, -0.05) is 0 Å². The summed E-state index contributed by atoms with van der Waals surface area (Å²) in [7, 11) is -2.29. The maximum Gasteiger partial charge on any atom is 0.321 e. The van der Waals surface area contributed by atoms with Crippen LogP contribution in [0.5, 0.6) is 0 Å². The van der Waals surface area contributed by atoms with Gasteiger partial charge in [-0.25, -0.2) is 4.72 Å². The molecule has 6 nitrogen and oxygen atoms in total. The molecule has 0 spiro atoms. The van der Waals surface area contributed by atoms with Crippen molar-refractivity contribution in [3.05, 3.63) is 0 Å². The fourth-order valence-electron chi connectivity index (χ4n) is 0.996. The monoisotopic (exact) mass is 238 g/mol. The second kappa shape index (κ2) is 6.04. The molecule has 1 N–H and O–H groups in total. The lowest BCUT2D eigenvalue weighted by Crippen LogP contribution is -2.46. The highest BCUT2D eigenvalue weighted by atomic mass is 32.2. The van der Waals surface area contributed by atoms with Crippen molar-refractivity contribution in [2.24, 2.45) is 0 Å². The second-order valence-corrected chi connectivity index (χ2v) is 4.98. The lowest BCUT2D eigenvalue weighted by molar-refractivity contribution is -0.143. The quantitative estimate of drug-likeness (QED) is 0.646. The van der Waals surface area contributed by atoms with Gasteiger partial charge < -0.3 is 4.74 Å². The first-order valence-electron chi connectivity index (χ1n) is 4.71. The summed E-state index contributed by atoms with van der Waals surface area (Å²) in [5.41, 5.74) is 0. The van der Waals surface area contributed by atoms with Gasteiger partial charge in [0.15, 0.2) is 0 Å². The Labute approximate surface area is 90.8 Å². The Morgan fingerprint density at radius 1 is 1.47 bits per heavy atom. The molecule has 0 aliphatic heterocycles. The Hall–Kier alpha value is -0.660. The molecule has 0 amide bonds. The smallest absolute Gasteiger partial charge is 0.321 e. The summed E-state index contributed by atoms with van der Waals surface area (Å²) in [4.78, 5) is 11.2. The van der Waals surface area contributed by atoms with Crippen LogP contribution in [0.15, 0.2) is 0 Å². The summed E-state index contributed by atoms with van der Waals surface area (Å²) >= 11 is 0. The molecule has 0 aliphatic rings. The first-order chi connectivity index (χ1) is 6.85. The van der Waals surface area contributed by atoms with E-state index in [1.165, 1.54) is 7.05 Å². The summed E-state index contributed by atoms with van der Waals surface area (Å²) in [6, 6.07) is -0.299. The molecule has 0 rings (SSSR count). The highest BCUT2D eigenvalue weighted by molar-refractivity contribution is 7.87. The zero-order valence-corrected chi connectivity index (χ0v) is 10.3. The summed E-state index contributed by atoms with van der Waals surface area (Å²) < 4.78 is 30.9. The van der Waals surface area contributed by atoms with Gasteiger partial charge in [-0.15, -0.1) is 0 Å². The van der Waals surface area contributed by atoms with Crippen LogP contribution in [0.1, 0.15) is 20.8 Å². The van der Waals surface area contributed by atoms with Crippen molar-refractivity contribution < 1.29 is 17.9 Å². The number of rotatable bonds is 6. The third-order valence-corrected chi connectivity index (χ3v) is 3.42. The van der Waals surface area contributed by atoms with Gasteiger partial charge in [0.25, 0.3) is 10.2 Å². The molecule has 0 aliphatic carbocycles. The van der Waals surface area contributed by atoms with Crippen LogP contribution in [0.4, 0.5) is 0 Å². The Morgan fingerprint density at radius 3 is 2.33 bits per heavy atom. The Balaban J connectivity index is 4.64. The van der Waals surface area contributed by atoms with Crippen molar-refractivity contribution >= 4 is 16.2 Å². The molecule has 0 saturated carbocycles. The number of carbonyl (C=O) groups is 1. The fraction of sp³-hybridized carbons (Fsp3) is 0.875. The molecule has 7 heteroatoms.